The molecule has 1 N–H and O–H groups in total. The molecule has 1 aromatic carbocycles. The largest absolute Gasteiger partial charge is 0.379 e. The second-order valence-corrected chi connectivity index (χ2v) is 7.86. The summed E-state index contributed by atoms with van der Waals surface area (Å²) in [5.74, 6) is 0.735. The fraction of sp³-hybridized carbons (Fsp3) is 0.500. The van der Waals surface area contributed by atoms with Gasteiger partial charge in [0.15, 0.2) is 0 Å². The van der Waals surface area contributed by atoms with Crippen LogP contribution in [-0.2, 0) is 16.1 Å². The number of rotatable bonds is 5. The van der Waals surface area contributed by atoms with Crippen molar-refractivity contribution in [1.82, 2.24) is 14.9 Å². The summed E-state index contributed by atoms with van der Waals surface area (Å²) >= 11 is 0. The third kappa shape index (κ3) is 5.31. The molecule has 2 aromatic rings. The van der Waals surface area contributed by atoms with E-state index in [0.29, 0.717) is 6.54 Å². The van der Waals surface area contributed by atoms with Gasteiger partial charge in [-0.1, -0.05) is 12.1 Å². The van der Waals surface area contributed by atoms with E-state index >= 15 is 0 Å². The summed E-state index contributed by atoms with van der Waals surface area (Å²) < 4.78 is 5.40. The molecule has 2 aliphatic rings. The molecule has 0 aliphatic carbocycles. The number of nitrogens with zero attached hydrogens (tertiary/aromatic N) is 4. The van der Waals surface area contributed by atoms with Crippen molar-refractivity contribution in [2.24, 2.45) is 5.92 Å². The van der Waals surface area contributed by atoms with Crippen molar-refractivity contribution in [3.05, 3.63) is 47.8 Å². The molecule has 2 saturated heterocycles. The van der Waals surface area contributed by atoms with Gasteiger partial charge in [0, 0.05) is 50.3 Å². The second-order valence-electron chi connectivity index (χ2n) is 7.86. The van der Waals surface area contributed by atoms with Gasteiger partial charge in [-0.25, -0.2) is 9.97 Å². The number of benzene rings is 1. The minimum Gasteiger partial charge on any atom is -0.379 e. The minimum absolute atomic E-state index is 0.0547. The van der Waals surface area contributed by atoms with Crippen LogP contribution in [0.25, 0.3) is 0 Å². The van der Waals surface area contributed by atoms with Gasteiger partial charge < -0.3 is 15.0 Å². The topological polar surface area (TPSA) is 70.6 Å². The van der Waals surface area contributed by atoms with Crippen molar-refractivity contribution in [2.45, 2.75) is 26.3 Å². The summed E-state index contributed by atoms with van der Waals surface area (Å²) in [5.41, 5.74) is 3.05. The Bertz CT molecular complexity index is 820. The lowest BCUT2D eigenvalue weighted by Gasteiger charge is -2.32. The first kappa shape index (κ1) is 19.8. The van der Waals surface area contributed by atoms with E-state index in [-0.39, 0.29) is 11.8 Å². The van der Waals surface area contributed by atoms with Crippen LogP contribution >= 0.6 is 0 Å². The molecule has 2 aliphatic heterocycles. The Balaban J connectivity index is 1.32. The summed E-state index contributed by atoms with van der Waals surface area (Å²) in [6.07, 6.45) is 3.64. The van der Waals surface area contributed by atoms with Gasteiger partial charge in [0.2, 0.25) is 11.9 Å². The Hall–Kier alpha value is -2.51. The number of aromatic nitrogens is 2. The fourth-order valence-electron chi connectivity index (χ4n) is 3.92. The molecule has 0 radical (unpaired) electrons. The third-order valence-corrected chi connectivity index (χ3v) is 5.59. The van der Waals surface area contributed by atoms with E-state index in [2.05, 4.69) is 37.2 Å². The van der Waals surface area contributed by atoms with Crippen molar-refractivity contribution in [2.75, 3.05) is 49.6 Å². The summed E-state index contributed by atoms with van der Waals surface area (Å²) in [4.78, 5) is 26.2. The number of ether oxygens (including phenoxy) is 1. The lowest BCUT2D eigenvalue weighted by molar-refractivity contribution is -0.120. The number of nitrogens with one attached hydrogen (secondary N) is 1. The van der Waals surface area contributed by atoms with Crippen LogP contribution in [0.4, 0.5) is 11.6 Å². The van der Waals surface area contributed by atoms with Crippen molar-refractivity contribution < 1.29 is 9.53 Å². The quantitative estimate of drug-likeness (QED) is 0.839. The Morgan fingerprint density at radius 1 is 1.17 bits per heavy atom. The molecule has 0 spiro atoms. The highest BCUT2D eigenvalue weighted by Gasteiger charge is 2.27. The highest BCUT2D eigenvalue weighted by molar-refractivity contribution is 5.93. The number of piperidine rings is 1. The first-order valence-corrected chi connectivity index (χ1v) is 10.4. The molecule has 1 atom stereocenters. The zero-order valence-electron chi connectivity index (χ0n) is 17.0. The van der Waals surface area contributed by atoms with Crippen LogP contribution in [0.3, 0.4) is 0 Å². The van der Waals surface area contributed by atoms with E-state index in [0.717, 1.165) is 69.6 Å². The van der Waals surface area contributed by atoms with Crippen molar-refractivity contribution in [1.29, 1.82) is 0 Å². The van der Waals surface area contributed by atoms with Crippen LogP contribution in [0.5, 0.6) is 0 Å². The maximum Gasteiger partial charge on any atom is 0.229 e. The van der Waals surface area contributed by atoms with Crippen LogP contribution in [0.1, 0.15) is 24.1 Å². The standard InChI is InChI=1S/C22H29N5O2/c1-17-8-9-23-22(24-17)27-10-2-3-19(16-27)21(28)25-20-6-4-18(5-7-20)15-26-11-13-29-14-12-26/h4-9,19H,2-3,10-16H2,1H3,(H,25,28). The molecule has 7 nitrogen and oxygen atoms in total. The van der Waals surface area contributed by atoms with Crippen LogP contribution in [-0.4, -0.2) is 60.2 Å². The number of amides is 1. The third-order valence-electron chi connectivity index (χ3n) is 5.59. The van der Waals surface area contributed by atoms with Crippen LogP contribution in [0.2, 0.25) is 0 Å². The van der Waals surface area contributed by atoms with Gasteiger partial charge in [0.25, 0.3) is 0 Å². The zero-order valence-corrected chi connectivity index (χ0v) is 17.0. The lowest BCUT2D eigenvalue weighted by atomic mass is 9.97. The molecule has 3 heterocycles. The van der Waals surface area contributed by atoms with Gasteiger partial charge in [-0.3, -0.25) is 9.69 Å². The average Bonchev–Trinajstić information content (AvgIpc) is 2.76. The Morgan fingerprint density at radius 2 is 1.97 bits per heavy atom. The number of anilines is 2. The number of hydrogen-bond acceptors (Lipinski definition) is 6. The van der Waals surface area contributed by atoms with E-state index in [1.54, 1.807) is 6.20 Å². The lowest BCUT2D eigenvalue weighted by Crippen LogP contribution is -2.41. The molecule has 4 rings (SSSR count). The molecular weight excluding hydrogens is 366 g/mol. The van der Waals surface area contributed by atoms with Crippen LogP contribution < -0.4 is 10.2 Å². The van der Waals surface area contributed by atoms with E-state index in [1.807, 2.05) is 25.1 Å². The molecule has 1 aromatic heterocycles. The minimum atomic E-state index is -0.0547. The number of carbonyl (C=O) groups excluding carboxylic acids is 1. The maximum absolute atomic E-state index is 12.8. The molecule has 1 amide bonds. The van der Waals surface area contributed by atoms with Gasteiger partial charge in [0.05, 0.1) is 19.1 Å². The highest BCUT2D eigenvalue weighted by atomic mass is 16.5. The Kier molecular flexibility index (Phi) is 6.36. The smallest absolute Gasteiger partial charge is 0.229 e. The van der Waals surface area contributed by atoms with Crippen molar-refractivity contribution in [3.63, 3.8) is 0 Å². The van der Waals surface area contributed by atoms with Crippen LogP contribution in [0, 0.1) is 12.8 Å². The predicted octanol–water partition coefficient (Wildman–Crippen LogP) is 2.47. The molecule has 1 unspecified atom stereocenters. The van der Waals surface area contributed by atoms with E-state index in [9.17, 15) is 4.79 Å². The summed E-state index contributed by atoms with van der Waals surface area (Å²) in [5, 5.41) is 3.09. The first-order valence-electron chi connectivity index (χ1n) is 10.4. The molecule has 154 valence electrons. The van der Waals surface area contributed by atoms with Gasteiger partial charge in [-0.05, 0) is 43.5 Å². The van der Waals surface area contributed by atoms with Gasteiger partial charge >= 0.3 is 0 Å². The summed E-state index contributed by atoms with van der Waals surface area (Å²) in [7, 11) is 0. The zero-order chi connectivity index (χ0) is 20.1. The molecule has 7 heteroatoms. The van der Waals surface area contributed by atoms with E-state index < -0.39 is 0 Å². The number of hydrogen-bond donors (Lipinski definition) is 1. The fourth-order valence-corrected chi connectivity index (χ4v) is 3.92. The number of morpholine rings is 1. The van der Waals surface area contributed by atoms with E-state index in [4.69, 9.17) is 4.74 Å². The molecule has 29 heavy (non-hydrogen) atoms. The summed E-state index contributed by atoms with van der Waals surface area (Å²) in [6, 6.07) is 10.1. The predicted molar refractivity (Wildman–Crippen MR) is 113 cm³/mol. The van der Waals surface area contributed by atoms with Crippen LogP contribution in [0.15, 0.2) is 36.5 Å². The molecule has 0 bridgehead atoms. The molecular formula is C22H29N5O2. The maximum atomic E-state index is 12.8. The molecule has 0 saturated carbocycles. The number of aryl methyl sites for hydroxylation is 1. The van der Waals surface area contributed by atoms with E-state index in [1.165, 1.54) is 5.56 Å². The summed E-state index contributed by atoms with van der Waals surface area (Å²) in [6.45, 7) is 7.99. The van der Waals surface area contributed by atoms with Gasteiger partial charge in [-0.2, -0.15) is 0 Å². The van der Waals surface area contributed by atoms with Gasteiger partial charge in [-0.15, -0.1) is 0 Å². The first-order chi connectivity index (χ1) is 14.2. The van der Waals surface area contributed by atoms with Crippen molar-refractivity contribution >= 4 is 17.5 Å². The number of carbonyl (C=O) groups is 1. The van der Waals surface area contributed by atoms with Crippen molar-refractivity contribution in [3.8, 4) is 0 Å². The van der Waals surface area contributed by atoms with Gasteiger partial charge in [0.1, 0.15) is 0 Å². The monoisotopic (exact) mass is 395 g/mol. The average molecular weight is 396 g/mol. The Morgan fingerprint density at radius 3 is 2.72 bits per heavy atom. The normalized spacial score (nSPS) is 20.4. The SMILES string of the molecule is Cc1ccnc(N2CCCC(C(=O)Nc3ccc(CN4CCOCC4)cc3)C2)n1. The molecule has 2 fully saturated rings. The Labute approximate surface area is 172 Å². The second kappa shape index (κ2) is 9.33. The highest BCUT2D eigenvalue weighted by Crippen LogP contribution is 2.22.